The van der Waals surface area contributed by atoms with Crippen LogP contribution < -0.4 is 5.73 Å². The van der Waals surface area contributed by atoms with E-state index in [9.17, 15) is 18.3 Å². The van der Waals surface area contributed by atoms with E-state index in [4.69, 9.17) is 5.73 Å². The Kier molecular flexibility index (Phi) is 7.67. The molecule has 2 aromatic carbocycles. The van der Waals surface area contributed by atoms with Crippen LogP contribution in [-0.2, 0) is 10.0 Å². The summed E-state index contributed by atoms with van der Waals surface area (Å²) >= 11 is 0. The number of H-pyrrole nitrogens is 1. The molecule has 0 radical (unpaired) electrons. The summed E-state index contributed by atoms with van der Waals surface area (Å²) in [5, 5.41) is 10.6. The lowest BCUT2D eigenvalue weighted by Crippen LogP contribution is -2.40. The predicted octanol–water partition coefficient (Wildman–Crippen LogP) is 3.29. The Hall–Kier alpha value is -2.72. The number of sulfonamides is 1. The second-order valence-corrected chi connectivity index (χ2v) is 12.4. The maximum Gasteiger partial charge on any atom is 0.250 e. The minimum absolute atomic E-state index is 0.159. The molecule has 1 aromatic heterocycles. The summed E-state index contributed by atoms with van der Waals surface area (Å²) in [4.78, 5) is 17.8. The topological polar surface area (TPSA) is 120 Å². The summed E-state index contributed by atoms with van der Waals surface area (Å²) in [5.41, 5.74) is 9.99. The van der Waals surface area contributed by atoms with Crippen molar-refractivity contribution in [1.29, 1.82) is 0 Å². The van der Waals surface area contributed by atoms with Gasteiger partial charge in [-0.05, 0) is 73.4 Å². The summed E-state index contributed by atoms with van der Waals surface area (Å²) in [6.07, 6.45) is 5.35. The number of aliphatic hydroxyl groups is 1. The molecule has 5 rings (SSSR count). The van der Waals surface area contributed by atoms with Gasteiger partial charge in [-0.1, -0.05) is 30.3 Å². The zero-order valence-corrected chi connectivity index (χ0v) is 21.9. The molecule has 3 heterocycles. The van der Waals surface area contributed by atoms with E-state index in [-0.39, 0.29) is 17.8 Å². The highest BCUT2D eigenvalue weighted by Crippen LogP contribution is 2.37. The molecule has 0 atom stereocenters. The standard InChI is InChI=1S/C28H36N4O4S/c29-28(34)25-18-22(20-5-2-1-3-6-20)17-24-26(19-30-27(24)25)21-7-14-32(15-8-21)37(35,36)16-4-11-31-12-9-23(33)10-13-31/h1-3,5-6,17-19,21,23,30,33H,4,7-16H2,(H2,29,34). The van der Waals surface area contributed by atoms with Crippen LogP contribution in [0.15, 0.2) is 48.7 Å². The molecule has 4 N–H and O–H groups in total. The number of carbonyl (C=O) groups is 1. The smallest absolute Gasteiger partial charge is 0.250 e. The Labute approximate surface area is 218 Å². The predicted molar refractivity (Wildman–Crippen MR) is 146 cm³/mol. The number of amides is 1. The number of aliphatic hydroxyl groups excluding tert-OH is 1. The third-order valence-electron chi connectivity index (χ3n) is 7.91. The number of nitrogens with one attached hydrogen (secondary N) is 1. The molecule has 2 saturated heterocycles. The molecule has 198 valence electrons. The Balaban J connectivity index is 1.26. The monoisotopic (exact) mass is 524 g/mol. The van der Waals surface area contributed by atoms with Gasteiger partial charge in [0.15, 0.2) is 0 Å². The molecule has 0 aliphatic carbocycles. The van der Waals surface area contributed by atoms with Crippen LogP contribution >= 0.6 is 0 Å². The molecule has 0 spiro atoms. The van der Waals surface area contributed by atoms with Gasteiger partial charge >= 0.3 is 0 Å². The number of primary amides is 1. The highest BCUT2D eigenvalue weighted by molar-refractivity contribution is 7.89. The van der Waals surface area contributed by atoms with Crippen molar-refractivity contribution in [1.82, 2.24) is 14.2 Å². The lowest BCUT2D eigenvalue weighted by atomic mass is 9.88. The van der Waals surface area contributed by atoms with E-state index >= 15 is 0 Å². The quantitative estimate of drug-likeness (QED) is 0.418. The molecule has 3 aromatic rings. The largest absolute Gasteiger partial charge is 0.393 e. The second-order valence-electron chi connectivity index (χ2n) is 10.3. The van der Waals surface area contributed by atoms with Crippen LogP contribution in [0.5, 0.6) is 0 Å². The summed E-state index contributed by atoms with van der Waals surface area (Å²) in [7, 11) is -3.30. The van der Waals surface area contributed by atoms with Crippen molar-refractivity contribution in [2.45, 2.75) is 44.1 Å². The molecule has 9 heteroatoms. The number of likely N-dealkylation sites (tertiary alicyclic amines) is 1. The minimum Gasteiger partial charge on any atom is -0.393 e. The first-order valence-corrected chi connectivity index (χ1v) is 14.8. The van der Waals surface area contributed by atoms with E-state index < -0.39 is 15.9 Å². The third-order valence-corrected chi connectivity index (χ3v) is 9.87. The van der Waals surface area contributed by atoms with Gasteiger partial charge in [0, 0.05) is 37.8 Å². The van der Waals surface area contributed by atoms with Crippen LogP contribution in [0.3, 0.4) is 0 Å². The van der Waals surface area contributed by atoms with Gasteiger partial charge in [0.05, 0.1) is 22.9 Å². The maximum absolute atomic E-state index is 13.0. The van der Waals surface area contributed by atoms with Crippen LogP contribution in [0.25, 0.3) is 22.0 Å². The summed E-state index contributed by atoms with van der Waals surface area (Å²) < 4.78 is 27.7. The normalized spacial score (nSPS) is 18.9. The van der Waals surface area contributed by atoms with Gasteiger partial charge in [-0.15, -0.1) is 0 Å². The number of piperidine rings is 2. The molecule has 2 aliphatic rings. The molecule has 1 amide bonds. The van der Waals surface area contributed by atoms with Gasteiger partial charge in [0.25, 0.3) is 5.91 Å². The zero-order chi connectivity index (χ0) is 26.0. The van der Waals surface area contributed by atoms with Crippen LogP contribution in [0.1, 0.15) is 53.9 Å². The second kappa shape index (κ2) is 10.9. The number of fused-ring (bicyclic) bond motifs is 1. The number of carbonyl (C=O) groups excluding carboxylic acids is 1. The number of rotatable bonds is 8. The number of hydrogen-bond donors (Lipinski definition) is 3. The van der Waals surface area contributed by atoms with Gasteiger partial charge in [-0.25, -0.2) is 12.7 Å². The molecule has 0 unspecified atom stereocenters. The van der Waals surface area contributed by atoms with Crippen molar-refractivity contribution in [2.24, 2.45) is 5.73 Å². The molecule has 2 fully saturated rings. The molecule has 0 saturated carbocycles. The molecule has 8 nitrogen and oxygen atoms in total. The van der Waals surface area contributed by atoms with Crippen molar-refractivity contribution < 1.29 is 18.3 Å². The highest BCUT2D eigenvalue weighted by Gasteiger charge is 2.30. The first-order chi connectivity index (χ1) is 17.8. The van der Waals surface area contributed by atoms with Crippen molar-refractivity contribution in [3.63, 3.8) is 0 Å². The van der Waals surface area contributed by atoms with Crippen LogP contribution in [0.2, 0.25) is 0 Å². The van der Waals surface area contributed by atoms with Gasteiger partial charge in [-0.3, -0.25) is 4.79 Å². The Morgan fingerprint density at radius 3 is 2.38 bits per heavy atom. The van der Waals surface area contributed by atoms with Crippen molar-refractivity contribution in [3.05, 3.63) is 59.8 Å². The minimum atomic E-state index is -3.30. The van der Waals surface area contributed by atoms with E-state index in [1.54, 1.807) is 4.31 Å². The molecule has 0 bridgehead atoms. The average Bonchev–Trinajstić information content (AvgIpc) is 3.34. The number of nitrogens with zero attached hydrogens (tertiary/aromatic N) is 2. The fraction of sp³-hybridized carbons (Fsp3) is 0.464. The van der Waals surface area contributed by atoms with E-state index in [1.807, 2.05) is 42.6 Å². The Bertz CT molecular complexity index is 1340. The SMILES string of the molecule is NC(=O)c1cc(-c2ccccc2)cc2c(C3CCN(S(=O)(=O)CCCN4CCC(O)CC4)CC3)c[nH]c12. The first kappa shape index (κ1) is 25.9. The van der Waals surface area contributed by atoms with E-state index in [2.05, 4.69) is 16.0 Å². The van der Waals surface area contributed by atoms with Crippen LogP contribution in [-0.4, -0.2) is 78.2 Å². The third kappa shape index (κ3) is 5.75. The summed E-state index contributed by atoms with van der Waals surface area (Å²) in [5.74, 6) is -0.115. The van der Waals surface area contributed by atoms with Crippen molar-refractivity contribution >= 4 is 26.8 Å². The van der Waals surface area contributed by atoms with Gasteiger partial charge < -0.3 is 20.7 Å². The number of aromatic amines is 1. The summed E-state index contributed by atoms with van der Waals surface area (Å²) in [6.45, 7) is 3.42. The first-order valence-electron chi connectivity index (χ1n) is 13.2. The Morgan fingerprint density at radius 2 is 1.70 bits per heavy atom. The molecular formula is C28H36N4O4S. The van der Waals surface area contributed by atoms with Crippen molar-refractivity contribution in [2.75, 3.05) is 38.5 Å². The molecule has 37 heavy (non-hydrogen) atoms. The van der Waals surface area contributed by atoms with Crippen molar-refractivity contribution in [3.8, 4) is 11.1 Å². The number of aromatic nitrogens is 1. The van der Waals surface area contributed by atoms with Gasteiger partial charge in [-0.2, -0.15) is 0 Å². The highest BCUT2D eigenvalue weighted by atomic mass is 32.2. The Morgan fingerprint density at radius 1 is 1.00 bits per heavy atom. The van der Waals surface area contributed by atoms with Gasteiger partial charge in [0.1, 0.15) is 0 Å². The maximum atomic E-state index is 13.0. The molecule has 2 aliphatic heterocycles. The number of hydrogen-bond acceptors (Lipinski definition) is 5. The fourth-order valence-corrected chi connectivity index (χ4v) is 7.29. The van der Waals surface area contributed by atoms with E-state index in [0.717, 1.165) is 72.9 Å². The van der Waals surface area contributed by atoms with Crippen LogP contribution in [0.4, 0.5) is 0 Å². The van der Waals surface area contributed by atoms with E-state index in [1.165, 1.54) is 0 Å². The lowest BCUT2D eigenvalue weighted by Gasteiger charge is -2.32. The van der Waals surface area contributed by atoms with Gasteiger partial charge in [0.2, 0.25) is 10.0 Å². The number of benzene rings is 2. The number of nitrogens with two attached hydrogens (primary N) is 1. The summed E-state index contributed by atoms with van der Waals surface area (Å²) in [6, 6.07) is 13.8. The lowest BCUT2D eigenvalue weighted by molar-refractivity contribution is 0.0827. The van der Waals surface area contributed by atoms with E-state index in [0.29, 0.717) is 25.1 Å². The average molecular weight is 525 g/mol. The zero-order valence-electron chi connectivity index (χ0n) is 21.1. The molecular weight excluding hydrogens is 488 g/mol. The fourth-order valence-electron chi connectivity index (χ4n) is 5.77. The van der Waals surface area contributed by atoms with Crippen LogP contribution in [0, 0.1) is 0 Å².